The van der Waals surface area contributed by atoms with Gasteiger partial charge in [-0.05, 0) is 48.2 Å². The van der Waals surface area contributed by atoms with Gasteiger partial charge in [0.1, 0.15) is 5.82 Å². The predicted molar refractivity (Wildman–Crippen MR) is 105 cm³/mol. The molecule has 4 heteroatoms. The quantitative estimate of drug-likeness (QED) is 0.660. The third-order valence-corrected chi connectivity index (χ3v) is 5.01. The van der Waals surface area contributed by atoms with Crippen molar-refractivity contribution in [3.05, 3.63) is 101 Å². The van der Waals surface area contributed by atoms with E-state index in [1.807, 2.05) is 24.0 Å². The van der Waals surface area contributed by atoms with Crippen LogP contribution in [-0.4, -0.2) is 17.5 Å². The SMILES string of the molecule is Cc1ccc(C2c3ccccc3CCN2C(=O)Nc2cccc(F)c2)cc1. The van der Waals surface area contributed by atoms with Crippen LogP contribution < -0.4 is 5.32 Å². The van der Waals surface area contributed by atoms with Gasteiger partial charge in [-0.2, -0.15) is 0 Å². The molecule has 1 atom stereocenters. The largest absolute Gasteiger partial charge is 0.322 e. The van der Waals surface area contributed by atoms with Crippen molar-refractivity contribution in [2.45, 2.75) is 19.4 Å². The van der Waals surface area contributed by atoms with Crippen LogP contribution in [-0.2, 0) is 6.42 Å². The van der Waals surface area contributed by atoms with Crippen molar-refractivity contribution in [2.75, 3.05) is 11.9 Å². The third-order valence-electron chi connectivity index (χ3n) is 5.01. The monoisotopic (exact) mass is 360 g/mol. The lowest BCUT2D eigenvalue weighted by Gasteiger charge is -2.37. The minimum absolute atomic E-state index is 0.163. The van der Waals surface area contributed by atoms with Gasteiger partial charge >= 0.3 is 6.03 Å². The van der Waals surface area contributed by atoms with Gasteiger partial charge in [-0.3, -0.25) is 0 Å². The summed E-state index contributed by atoms with van der Waals surface area (Å²) >= 11 is 0. The summed E-state index contributed by atoms with van der Waals surface area (Å²) in [4.78, 5) is 14.9. The molecule has 1 N–H and O–H groups in total. The molecule has 3 nitrogen and oxygen atoms in total. The van der Waals surface area contributed by atoms with Gasteiger partial charge in [-0.15, -0.1) is 0 Å². The molecule has 0 aliphatic carbocycles. The molecule has 0 radical (unpaired) electrons. The molecule has 0 bridgehead atoms. The van der Waals surface area contributed by atoms with E-state index < -0.39 is 0 Å². The molecule has 0 spiro atoms. The van der Waals surface area contributed by atoms with Gasteiger partial charge in [0.05, 0.1) is 6.04 Å². The number of hydrogen-bond acceptors (Lipinski definition) is 1. The van der Waals surface area contributed by atoms with E-state index in [1.54, 1.807) is 12.1 Å². The van der Waals surface area contributed by atoms with Crippen molar-refractivity contribution in [2.24, 2.45) is 0 Å². The van der Waals surface area contributed by atoms with E-state index in [0.29, 0.717) is 12.2 Å². The maximum Gasteiger partial charge on any atom is 0.322 e. The molecule has 1 unspecified atom stereocenters. The second-order valence-corrected chi connectivity index (χ2v) is 6.90. The van der Waals surface area contributed by atoms with Crippen LogP contribution in [0.5, 0.6) is 0 Å². The summed E-state index contributed by atoms with van der Waals surface area (Å²) < 4.78 is 13.5. The maximum absolute atomic E-state index is 13.5. The lowest BCUT2D eigenvalue weighted by molar-refractivity contribution is 0.194. The van der Waals surface area contributed by atoms with Crippen molar-refractivity contribution < 1.29 is 9.18 Å². The number of benzene rings is 3. The number of nitrogens with zero attached hydrogens (tertiary/aromatic N) is 1. The topological polar surface area (TPSA) is 32.3 Å². The zero-order chi connectivity index (χ0) is 18.8. The summed E-state index contributed by atoms with van der Waals surface area (Å²) in [6.07, 6.45) is 0.801. The number of carbonyl (C=O) groups is 1. The Morgan fingerprint density at radius 1 is 1.04 bits per heavy atom. The molecular weight excluding hydrogens is 339 g/mol. The Balaban J connectivity index is 1.70. The van der Waals surface area contributed by atoms with E-state index in [0.717, 1.165) is 17.5 Å². The van der Waals surface area contributed by atoms with Gasteiger partial charge in [-0.25, -0.2) is 9.18 Å². The minimum atomic E-state index is -0.369. The van der Waals surface area contributed by atoms with E-state index in [-0.39, 0.29) is 17.9 Å². The average Bonchev–Trinajstić information content (AvgIpc) is 2.68. The van der Waals surface area contributed by atoms with Gasteiger partial charge in [0.2, 0.25) is 0 Å². The summed E-state index contributed by atoms with van der Waals surface area (Å²) in [5.74, 6) is -0.369. The first kappa shape index (κ1) is 17.3. The smallest absolute Gasteiger partial charge is 0.313 e. The van der Waals surface area contributed by atoms with Crippen LogP contribution in [0.2, 0.25) is 0 Å². The summed E-state index contributed by atoms with van der Waals surface area (Å²) in [7, 11) is 0. The molecule has 1 aliphatic rings. The molecule has 2 amide bonds. The number of amides is 2. The Morgan fingerprint density at radius 3 is 2.59 bits per heavy atom. The van der Waals surface area contributed by atoms with Crippen LogP contribution in [0.3, 0.4) is 0 Å². The number of rotatable bonds is 2. The molecule has 3 aromatic carbocycles. The highest BCUT2D eigenvalue weighted by Crippen LogP contribution is 2.35. The summed E-state index contributed by atoms with van der Waals surface area (Å²) in [6, 6.07) is 22.1. The van der Waals surface area contributed by atoms with Gasteiger partial charge < -0.3 is 10.2 Å². The molecule has 27 heavy (non-hydrogen) atoms. The minimum Gasteiger partial charge on any atom is -0.313 e. The van der Waals surface area contributed by atoms with Crippen LogP contribution in [0.4, 0.5) is 14.9 Å². The van der Waals surface area contributed by atoms with Crippen LogP contribution in [0, 0.1) is 12.7 Å². The van der Waals surface area contributed by atoms with Gasteiger partial charge in [0.15, 0.2) is 0 Å². The molecule has 4 rings (SSSR count). The Bertz CT molecular complexity index is 968. The highest BCUT2D eigenvalue weighted by molar-refractivity contribution is 5.90. The first-order chi connectivity index (χ1) is 13.1. The fraction of sp³-hybridized carbons (Fsp3) is 0.174. The van der Waals surface area contributed by atoms with Crippen LogP contribution in [0.15, 0.2) is 72.8 Å². The number of carbonyl (C=O) groups excluding carboxylic acids is 1. The van der Waals surface area contributed by atoms with Crippen molar-refractivity contribution in [1.29, 1.82) is 0 Å². The Labute approximate surface area is 158 Å². The molecule has 3 aromatic rings. The summed E-state index contributed by atoms with van der Waals surface area (Å²) in [5, 5.41) is 2.84. The molecule has 0 fully saturated rings. The average molecular weight is 360 g/mol. The molecule has 0 aromatic heterocycles. The number of fused-ring (bicyclic) bond motifs is 1. The maximum atomic E-state index is 13.5. The van der Waals surface area contributed by atoms with Crippen molar-refractivity contribution in [3.8, 4) is 0 Å². The van der Waals surface area contributed by atoms with Crippen molar-refractivity contribution in [3.63, 3.8) is 0 Å². The molecule has 136 valence electrons. The molecule has 1 aliphatic heterocycles. The van der Waals surface area contributed by atoms with Crippen LogP contribution in [0.25, 0.3) is 0 Å². The number of aryl methyl sites for hydroxylation is 1. The lowest BCUT2D eigenvalue weighted by Crippen LogP contribution is -2.43. The van der Waals surface area contributed by atoms with E-state index >= 15 is 0 Å². The normalized spacial score (nSPS) is 15.9. The zero-order valence-electron chi connectivity index (χ0n) is 15.2. The first-order valence-electron chi connectivity index (χ1n) is 9.09. The second kappa shape index (κ2) is 7.23. The molecular formula is C23H21FN2O. The standard InChI is InChI=1S/C23H21FN2O/c1-16-9-11-18(12-10-16)22-21-8-3-2-5-17(21)13-14-26(22)23(27)25-20-7-4-6-19(24)15-20/h2-12,15,22H,13-14H2,1H3,(H,25,27). The zero-order valence-corrected chi connectivity index (χ0v) is 15.2. The van der Waals surface area contributed by atoms with Crippen molar-refractivity contribution in [1.82, 2.24) is 4.90 Å². The van der Waals surface area contributed by atoms with E-state index in [9.17, 15) is 9.18 Å². The number of halogens is 1. The second-order valence-electron chi connectivity index (χ2n) is 6.90. The third kappa shape index (κ3) is 3.56. The Hall–Kier alpha value is -3.14. The highest BCUT2D eigenvalue weighted by Gasteiger charge is 2.31. The van der Waals surface area contributed by atoms with E-state index in [1.165, 1.54) is 23.3 Å². The van der Waals surface area contributed by atoms with Crippen LogP contribution in [0.1, 0.15) is 28.3 Å². The fourth-order valence-electron chi connectivity index (χ4n) is 3.66. The predicted octanol–water partition coefficient (Wildman–Crippen LogP) is 5.31. The number of hydrogen-bond donors (Lipinski definition) is 1. The number of anilines is 1. The first-order valence-corrected chi connectivity index (χ1v) is 9.09. The summed E-state index contributed by atoms with van der Waals surface area (Å²) in [6.45, 7) is 2.66. The highest BCUT2D eigenvalue weighted by atomic mass is 19.1. The van der Waals surface area contributed by atoms with Crippen molar-refractivity contribution >= 4 is 11.7 Å². The van der Waals surface area contributed by atoms with Gasteiger partial charge in [0, 0.05) is 12.2 Å². The molecule has 0 saturated carbocycles. The Kier molecular flexibility index (Phi) is 4.63. The number of nitrogens with one attached hydrogen (secondary N) is 1. The van der Waals surface area contributed by atoms with Crippen LogP contribution >= 0.6 is 0 Å². The summed E-state index contributed by atoms with van der Waals surface area (Å²) in [5.41, 5.74) is 5.11. The van der Waals surface area contributed by atoms with Gasteiger partial charge in [-0.1, -0.05) is 60.2 Å². The lowest BCUT2D eigenvalue weighted by atomic mass is 9.88. The van der Waals surface area contributed by atoms with E-state index in [2.05, 4.69) is 41.7 Å². The van der Waals surface area contributed by atoms with Gasteiger partial charge in [0.25, 0.3) is 0 Å². The Morgan fingerprint density at radius 2 is 1.81 bits per heavy atom. The number of urea groups is 1. The van der Waals surface area contributed by atoms with E-state index in [4.69, 9.17) is 0 Å². The fourth-order valence-corrected chi connectivity index (χ4v) is 3.66. The molecule has 1 heterocycles. The molecule has 0 saturated heterocycles.